The minimum atomic E-state index is -0.969. The van der Waals surface area contributed by atoms with Gasteiger partial charge in [0.25, 0.3) is 0 Å². The third kappa shape index (κ3) is 2.73. The molecule has 1 N–H and O–H groups in total. The Morgan fingerprint density at radius 3 is 2.33 bits per heavy atom. The summed E-state index contributed by atoms with van der Waals surface area (Å²) in [6.45, 7) is 7.21. The molecule has 0 radical (unpaired) electrons. The third-order valence-electron chi connectivity index (χ3n) is 3.05. The minimum absolute atomic E-state index is 0.264. The van der Waals surface area contributed by atoms with Crippen molar-refractivity contribution in [2.75, 3.05) is 6.61 Å². The Kier molecular flexibility index (Phi) is 3.50. The molecule has 0 bridgehead atoms. The Labute approximate surface area is 106 Å². The summed E-state index contributed by atoms with van der Waals surface area (Å²) >= 11 is 0. The number of ether oxygens (including phenoxy) is 4. The lowest BCUT2D eigenvalue weighted by molar-refractivity contribution is -0.178. The smallest absolute Gasteiger partial charge is 0.164 e. The molecule has 18 heavy (non-hydrogen) atoms. The van der Waals surface area contributed by atoms with E-state index in [1.807, 2.05) is 0 Å². The molecule has 2 aliphatic rings. The van der Waals surface area contributed by atoms with E-state index in [1.165, 1.54) is 0 Å². The summed E-state index contributed by atoms with van der Waals surface area (Å²) in [5.74, 6) is -1.61. The van der Waals surface area contributed by atoms with E-state index in [2.05, 4.69) is 0 Å². The quantitative estimate of drug-likeness (QED) is 0.732. The van der Waals surface area contributed by atoms with Crippen molar-refractivity contribution in [2.24, 2.45) is 0 Å². The minimum Gasteiger partial charge on any atom is -0.387 e. The van der Waals surface area contributed by atoms with E-state index in [0.717, 1.165) is 0 Å². The summed E-state index contributed by atoms with van der Waals surface area (Å²) in [4.78, 5) is 11.0. The van der Waals surface area contributed by atoms with Crippen LogP contribution in [0.2, 0.25) is 0 Å². The van der Waals surface area contributed by atoms with E-state index in [4.69, 9.17) is 18.9 Å². The predicted octanol–water partition coefficient (Wildman–Crippen LogP) is 0.218. The zero-order valence-corrected chi connectivity index (χ0v) is 11.1. The lowest BCUT2D eigenvalue weighted by Crippen LogP contribution is -2.45. The standard InChI is InChI=1S/C12H20O6/c1-11(2)15-6-8(17-11)9(14)10-7(5-13)16-12(3,4)18-10/h5,7-10,14H,6H2,1-4H3. The lowest BCUT2D eigenvalue weighted by Gasteiger charge is -2.25. The van der Waals surface area contributed by atoms with Crippen LogP contribution in [0.15, 0.2) is 0 Å². The van der Waals surface area contributed by atoms with Crippen LogP contribution >= 0.6 is 0 Å². The molecule has 2 saturated heterocycles. The maximum Gasteiger partial charge on any atom is 0.164 e. The summed E-state index contributed by atoms with van der Waals surface area (Å²) < 4.78 is 21.9. The molecule has 2 aliphatic heterocycles. The van der Waals surface area contributed by atoms with E-state index in [0.29, 0.717) is 6.29 Å². The number of carbonyl (C=O) groups excluding carboxylic acids is 1. The first-order valence-electron chi connectivity index (χ1n) is 6.05. The molecule has 2 rings (SSSR count). The molecule has 104 valence electrons. The van der Waals surface area contributed by atoms with Gasteiger partial charge in [-0.15, -0.1) is 0 Å². The van der Waals surface area contributed by atoms with Gasteiger partial charge in [0, 0.05) is 0 Å². The molecule has 0 saturated carbocycles. The van der Waals surface area contributed by atoms with Gasteiger partial charge in [-0.2, -0.15) is 0 Å². The van der Waals surface area contributed by atoms with Gasteiger partial charge in [-0.1, -0.05) is 0 Å². The first-order valence-corrected chi connectivity index (χ1v) is 6.05. The van der Waals surface area contributed by atoms with Crippen LogP contribution in [0.5, 0.6) is 0 Å². The van der Waals surface area contributed by atoms with Crippen LogP contribution in [0.3, 0.4) is 0 Å². The monoisotopic (exact) mass is 260 g/mol. The molecule has 4 atom stereocenters. The second-order valence-electron chi connectivity index (χ2n) is 5.56. The highest BCUT2D eigenvalue weighted by Crippen LogP contribution is 2.33. The van der Waals surface area contributed by atoms with Crippen molar-refractivity contribution >= 4 is 6.29 Å². The second kappa shape index (κ2) is 4.54. The summed E-state index contributed by atoms with van der Waals surface area (Å²) in [5.41, 5.74) is 0. The van der Waals surface area contributed by atoms with Crippen molar-refractivity contribution in [3.63, 3.8) is 0 Å². The Hall–Kier alpha value is -0.530. The van der Waals surface area contributed by atoms with Crippen LogP contribution in [-0.2, 0) is 23.7 Å². The van der Waals surface area contributed by atoms with Crippen LogP contribution in [0.4, 0.5) is 0 Å². The largest absolute Gasteiger partial charge is 0.387 e. The molecule has 0 aromatic carbocycles. The van der Waals surface area contributed by atoms with Crippen LogP contribution < -0.4 is 0 Å². The van der Waals surface area contributed by atoms with Crippen molar-refractivity contribution in [2.45, 2.75) is 63.7 Å². The van der Waals surface area contributed by atoms with Crippen LogP contribution in [-0.4, -0.2) is 54.0 Å². The number of aliphatic hydroxyl groups is 1. The summed E-state index contributed by atoms with van der Waals surface area (Å²) in [7, 11) is 0. The van der Waals surface area contributed by atoms with Crippen LogP contribution in [0.25, 0.3) is 0 Å². The third-order valence-corrected chi connectivity index (χ3v) is 3.05. The van der Waals surface area contributed by atoms with Gasteiger partial charge in [-0.05, 0) is 27.7 Å². The van der Waals surface area contributed by atoms with Gasteiger partial charge in [0.15, 0.2) is 17.9 Å². The van der Waals surface area contributed by atoms with Gasteiger partial charge in [-0.25, -0.2) is 0 Å². The SMILES string of the molecule is CC1(C)OCC(C(O)C2OC(C)(C)OC2C=O)O1. The zero-order chi connectivity index (χ0) is 13.6. The number of hydrogen-bond acceptors (Lipinski definition) is 6. The van der Waals surface area contributed by atoms with E-state index >= 15 is 0 Å². The van der Waals surface area contributed by atoms with Gasteiger partial charge in [0.2, 0.25) is 0 Å². The number of hydrogen-bond donors (Lipinski definition) is 1. The van der Waals surface area contributed by atoms with Gasteiger partial charge in [0.1, 0.15) is 24.4 Å². The molecular formula is C12H20O6. The van der Waals surface area contributed by atoms with Crippen molar-refractivity contribution in [1.82, 2.24) is 0 Å². The molecule has 0 amide bonds. The number of carbonyl (C=O) groups is 1. The Bertz CT molecular complexity index is 327. The highest BCUT2D eigenvalue weighted by Gasteiger charge is 2.49. The molecule has 0 aliphatic carbocycles. The molecule has 2 fully saturated rings. The van der Waals surface area contributed by atoms with Gasteiger partial charge >= 0.3 is 0 Å². The van der Waals surface area contributed by atoms with Crippen molar-refractivity contribution in [1.29, 1.82) is 0 Å². The number of aliphatic hydroxyl groups excluding tert-OH is 1. The van der Waals surface area contributed by atoms with E-state index in [9.17, 15) is 9.90 Å². The molecular weight excluding hydrogens is 240 g/mol. The molecule has 4 unspecified atom stereocenters. The van der Waals surface area contributed by atoms with Crippen molar-refractivity contribution in [3.8, 4) is 0 Å². The average Bonchev–Trinajstić information content (AvgIpc) is 2.77. The van der Waals surface area contributed by atoms with Crippen LogP contribution in [0.1, 0.15) is 27.7 Å². The summed E-state index contributed by atoms with van der Waals surface area (Å²) in [5, 5.41) is 10.2. The highest BCUT2D eigenvalue weighted by atomic mass is 16.8. The first kappa shape index (κ1) is 13.9. The maximum atomic E-state index is 11.0. The fraction of sp³-hybridized carbons (Fsp3) is 0.917. The fourth-order valence-corrected chi connectivity index (χ4v) is 2.28. The van der Waals surface area contributed by atoms with Crippen molar-refractivity contribution in [3.05, 3.63) is 0 Å². The normalized spacial score (nSPS) is 39.7. The zero-order valence-electron chi connectivity index (χ0n) is 11.1. The van der Waals surface area contributed by atoms with Crippen LogP contribution in [0, 0.1) is 0 Å². The lowest BCUT2D eigenvalue weighted by atomic mass is 10.0. The van der Waals surface area contributed by atoms with E-state index in [-0.39, 0.29) is 6.61 Å². The van der Waals surface area contributed by atoms with Gasteiger partial charge in [-0.3, -0.25) is 0 Å². The fourth-order valence-electron chi connectivity index (χ4n) is 2.28. The number of rotatable bonds is 3. The Morgan fingerprint density at radius 1 is 1.17 bits per heavy atom. The molecule has 6 nitrogen and oxygen atoms in total. The predicted molar refractivity (Wildman–Crippen MR) is 60.8 cm³/mol. The topological polar surface area (TPSA) is 74.2 Å². The Balaban J connectivity index is 2.05. The Morgan fingerprint density at radius 2 is 1.83 bits per heavy atom. The van der Waals surface area contributed by atoms with Crippen molar-refractivity contribution < 1.29 is 28.8 Å². The van der Waals surface area contributed by atoms with E-state index in [1.54, 1.807) is 27.7 Å². The molecule has 0 spiro atoms. The second-order valence-corrected chi connectivity index (χ2v) is 5.56. The molecule has 0 aromatic heterocycles. The van der Waals surface area contributed by atoms with Gasteiger partial charge in [0.05, 0.1) is 6.61 Å². The van der Waals surface area contributed by atoms with E-state index < -0.39 is 36.0 Å². The maximum absolute atomic E-state index is 11.0. The van der Waals surface area contributed by atoms with Gasteiger partial charge < -0.3 is 28.8 Å². The summed E-state index contributed by atoms with van der Waals surface area (Å²) in [6.07, 6.45) is -2.38. The molecule has 6 heteroatoms. The number of aldehydes is 1. The average molecular weight is 260 g/mol. The summed E-state index contributed by atoms with van der Waals surface area (Å²) in [6, 6.07) is 0. The molecule has 0 aromatic rings. The first-order chi connectivity index (χ1) is 8.24. The highest BCUT2D eigenvalue weighted by molar-refractivity contribution is 5.58. The molecule has 2 heterocycles.